The largest absolute Gasteiger partial charge is 0.494 e. The van der Waals surface area contributed by atoms with Gasteiger partial charge in [-0.25, -0.2) is 8.42 Å². The minimum absolute atomic E-state index is 0.0916. The van der Waals surface area contributed by atoms with Crippen molar-refractivity contribution in [3.05, 3.63) is 51.8 Å². The van der Waals surface area contributed by atoms with Gasteiger partial charge in [-0.2, -0.15) is 14.6 Å². The molecule has 0 aliphatic carbocycles. The van der Waals surface area contributed by atoms with Crippen LogP contribution in [0, 0.1) is 21.4 Å². The lowest BCUT2D eigenvalue weighted by atomic mass is 10.1. The molecule has 0 aliphatic heterocycles. The van der Waals surface area contributed by atoms with Gasteiger partial charge in [0.05, 0.1) is 23.2 Å². The van der Waals surface area contributed by atoms with E-state index in [-0.39, 0.29) is 33.5 Å². The van der Waals surface area contributed by atoms with Crippen LogP contribution in [0.15, 0.2) is 45.5 Å². The van der Waals surface area contributed by atoms with Crippen molar-refractivity contribution < 1.29 is 27.3 Å². The Bertz CT molecular complexity index is 1400. The van der Waals surface area contributed by atoms with Gasteiger partial charge in [0.15, 0.2) is 0 Å². The number of carbonyl (C=O) groups is 1. The van der Waals surface area contributed by atoms with Crippen molar-refractivity contribution in [2.45, 2.75) is 12.1 Å². The molecule has 0 atom stereocenters. The third-order valence-corrected chi connectivity index (χ3v) is 5.57. The van der Waals surface area contributed by atoms with E-state index in [1.54, 1.807) is 19.1 Å². The predicted molar refractivity (Wildman–Crippen MR) is 117 cm³/mol. The SMILES string of the molecule is CCOc1ccc(-c2ccc(/C=C(/C#N)C(=O)Nc3nc(S(C)(=O)=O)ns3)o2)c([N+](=O)[O-])c1. The minimum atomic E-state index is -3.65. The number of carbonyl (C=O) groups excluding carboxylic acids is 1. The van der Waals surface area contributed by atoms with E-state index >= 15 is 0 Å². The Kier molecular flexibility index (Phi) is 6.85. The summed E-state index contributed by atoms with van der Waals surface area (Å²) < 4.78 is 37.4. The molecule has 0 fully saturated rings. The van der Waals surface area contributed by atoms with Gasteiger partial charge in [-0.05, 0) is 31.2 Å². The first kappa shape index (κ1) is 23.6. The first-order valence-corrected chi connectivity index (χ1v) is 11.8. The Balaban J connectivity index is 1.85. The van der Waals surface area contributed by atoms with Gasteiger partial charge in [-0.1, -0.05) is 0 Å². The Hall–Kier alpha value is -4.09. The number of nitriles is 1. The Morgan fingerprint density at radius 1 is 1.39 bits per heavy atom. The van der Waals surface area contributed by atoms with Crippen molar-refractivity contribution in [2.24, 2.45) is 0 Å². The maximum absolute atomic E-state index is 12.4. The molecule has 2 heterocycles. The smallest absolute Gasteiger partial charge is 0.284 e. The first-order chi connectivity index (χ1) is 15.6. The molecule has 0 unspecified atom stereocenters. The highest BCUT2D eigenvalue weighted by Crippen LogP contribution is 2.34. The predicted octanol–water partition coefficient (Wildman–Crippen LogP) is 3.05. The van der Waals surface area contributed by atoms with Gasteiger partial charge in [0.25, 0.3) is 16.8 Å². The van der Waals surface area contributed by atoms with E-state index in [2.05, 4.69) is 14.7 Å². The zero-order chi connectivity index (χ0) is 24.2. The highest BCUT2D eigenvalue weighted by atomic mass is 32.2. The van der Waals surface area contributed by atoms with Gasteiger partial charge in [0.1, 0.15) is 28.9 Å². The fourth-order valence-corrected chi connectivity index (χ4v) is 4.01. The zero-order valence-electron chi connectivity index (χ0n) is 17.1. The van der Waals surface area contributed by atoms with Crippen molar-refractivity contribution in [1.29, 1.82) is 5.26 Å². The number of nitrogens with one attached hydrogen (secondary N) is 1. The number of sulfone groups is 1. The van der Waals surface area contributed by atoms with Gasteiger partial charge in [-0.15, -0.1) is 0 Å². The summed E-state index contributed by atoms with van der Waals surface area (Å²) in [6, 6.07) is 8.92. The second-order valence-electron chi connectivity index (χ2n) is 6.35. The highest BCUT2D eigenvalue weighted by molar-refractivity contribution is 7.90. The van der Waals surface area contributed by atoms with Crippen LogP contribution in [0.2, 0.25) is 0 Å². The number of benzene rings is 1. The van der Waals surface area contributed by atoms with E-state index in [0.717, 1.165) is 12.3 Å². The normalized spacial score (nSPS) is 11.6. The summed E-state index contributed by atoms with van der Waals surface area (Å²) in [6.45, 7) is 2.10. The maximum Gasteiger partial charge on any atom is 0.284 e. The van der Waals surface area contributed by atoms with E-state index in [9.17, 15) is 28.6 Å². The molecule has 3 rings (SSSR count). The molecule has 1 amide bonds. The number of anilines is 1. The van der Waals surface area contributed by atoms with Crippen molar-refractivity contribution in [2.75, 3.05) is 18.2 Å². The lowest BCUT2D eigenvalue weighted by Gasteiger charge is -2.05. The molecule has 0 radical (unpaired) electrons. The van der Waals surface area contributed by atoms with Gasteiger partial charge in [0.2, 0.25) is 15.0 Å². The number of furan rings is 1. The summed E-state index contributed by atoms with van der Waals surface area (Å²) in [4.78, 5) is 26.9. The van der Waals surface area contributed by atoms with Crippen molar-refractivity contribution in [3.8, 4) is 23.1 Å². The van der Waals surface area contributed by atoms with Crippen LogP contribution in [-0.2, 0) is 14.6 Å². The summed E-state index contributed by atoms with van der Waals surface area (Å²) >= 11 is 0.643. The number of hydrogen-bond acceptors (Lipinski definition) is 11. The lowest BCUT2D eigenvalue weighted by Crippen LogP contribution is -2.13. The highest BCUT2D eigenvalue weighted by Gasteiger charge is 2.21. The Labute approximate surface area is 191 Å². The summed E-state index contributed by atoms with van der Waals surface area (Å²) in [6.07, 6.45) is 2.06. The van der Waals surface area contributed by atoms with Crippen LogP contribution in [0.1, 0.15) is 12.7 Å². The van der Waals surface area contributed by atoms with E-state index in [4.69, 9.17) is 9.15 Å². The summed E-state index contributed by atoms with van der Waals surface area (Å²) in [5.74, 6) is -0.290. The van der Waals surface area contributed by atoms with Crippen LogP contribution in [0.4, 0.5) is 10.8 Å². The van der Waals surface area contributed by atoms with Gasteiger partial charge >= 0.3 is 0 Å². The van der Waals surface area contributed by atoms with Gasteiger partial charge < -0.3 is 9.15 Å². The summed E-state index contributed by atoms with van der Waals surface area (Å²) in [5, 5.41) is 22.5. The van der Waals surface area contributed by atoms with Crippen LogP contribution in [0.25, 0.3) is 17.4 Å². The topological polar surface area (TPSA) is 178 Å². The molecule has 12 nitrogen and oxygen atoms in total. The molecule has 14 heteroatoms. The van der Waals surface area contributed by atoms with Crippen LogP contribution in [0.5, 0.6) is 5.75 Å². The molecule has 0 bridgehead atoms. The summed E-state index contributed by atoms with van der Waals surface area (Å²) in [7, 11) is -3.65. The lowest BCUT2D eigenvalue weighted by molar-refractivity contribution is -0.384. The average molecular weight is 489 g/mol. The molecule has 3 aromatic rings. The van der Waals surface area contributed by atoms with Gasteiger partial charge in [-0.3, -0.25) is 20.2 Å². The molecular formula is C19H15N5O7S2. The van der Waals surface area contributed by atoms with Gasteiger partial charge in [0, 0.05) is 23.9 Å². The number of ether oxygens (including phenoxy) is 1. The number of hydrogen-bond donors (Lipinski definition) is 1. The Morgan fingerprint density at radius 3 is 2.76 bits per heavy atom. The molecule has 0 spiro atoms. The molecule has 170 valence electrons. The number of nitro benzene ring substituents is 1. The fourth-order valence-electron chi connectivity index (χ4n) is 2.57. The Morgan fingerprint density at radius 2 is 2.15 bits per heavy atom. The van der Waals surface area contributed by atoms with E-state index < -0.39 is 25.8 Å². The molecule has 1 N–H and O–H groups in total. The number of nitrogens with zero attached hydrogens (tertiary/aromatic N) is 4. The maximum atomic E-state index is 12.4. The quantitative estimate of drug-likeness (QED) is 0.214. The molecule has 1 aromatic carbocycles. The number of aromatic nitrogens is 2. The minimum Gasteiger partial charge on any atom is -0.494 e. The first-order valence-electron chi connectivity index (χ1n) is 9.10. The van der Waals surface area contributed by atoms with Crippen LogP contribution < -0.4 is 10.1 Å². The molecule has 0 aliphatic rings. The zero-order valence-corrected chi connectivity index (χ0v) is 18.8. The number of rotatable bonds is 8. The molecule has 33 heavy (non-hydrogen) atoms. The molecule has 2 aromatic heterocycles. The third kappa shape index (κ3) is 5.59. The molecule has 0 saturated carbocycles. The van der Waals surface area contributed by atoms with Crippen molar-refractivity contribution >= 4 is 44.2 Å². The monoisotopic (exact) mass is 489 g/mol. The average Bonchev–Trinajstić information content (AvgIpc) is 3.41. The molecular weight excluding hydrogens is 474 g/mol. The van der Waals surface area contributed by atoms with Crippen molar-refractivity contribution in [3.63, 3.8) is 0 Å². The number of nitro groups is 1. The number of amides is 1. The van der Waals surface area contributed by atoms with E-state index in [0.29, 0.717) is 23.9 Å². The standard InChI is InChI=1S/C19H15N5O7S2/c1-3-30-12-4-6-14(15(9-12)24(26)27)16-7-5-13(31-16)8-11(10-20)17(25)21-18-22-19(23-32-18)33(2,28)29/h4-9H,3H2,1-2H3,(H,21,22,23,25)/b11-8-. The summed E-state index contributed by atoms with van der Waals surface area (Å²) in [5.41, 5.74) is -0.413. The van der Waals surface area contributed by atoms with E-state index in [1.165, 1.54) is 24.3 Å². The van der Waals surface area contributed by atoms with Crippen molar-refractivity contribution in [1.82, 2.24) is 9.36 Å². The van der Waals surface area contributed by atoms with Crippen LogP contribution in [0.3, 0.4) is 0 Å². The van der Waals surface area contributed by atoms with Crippen LogP contribution in [-0.4, -0.2) is 41.5 Å². The molecule has 0 saturated heterocycles. The third-order valence-electron chi connectivity index (χ3n) is 3.98. The second-order valence-corrected chi connectivity index (χ2v) is 9.01. The fraction of sp³-hybridized carbons (Fsp3) is 0.158. The van der Waals surface area contributed by atoms with E-state index in [1.807, 2.05) is 0 Å². The van der Waals surface area contributed by atoms with Crippen LogP contribution >= 0.6 is 11.5 Å². The second kappa shape index (κ2) is 9.59.